The number of urea groups is 1. The molecule has 0 fully saturated rings. The van der Waals surface area contributed by atoms with Crippen LogP contribution in [0.1, 0.15) is 12.0 Å². The van der Waals surface area contributed by atoms with E-state index in [0.29, 0.717) is 36.8 Å². The summed E-state index contributed by atoms with van der Waals surface area (Å²) in [5.74, 6) is 0.225. The Labute approximate surface area is 170 Å². The number of hydrogen-bond acceptors (Lipinski definition) is 5. The van der Waals surface area contributed by atoms with Crippen molar-refractivity contribution in [3.05, 3.63) is 59.1 Å². The number of carbonyl (C=O) groups excluding carboxylic acids is 1. The maximum Gasteiger partial charge on any atom is 0.322 e. The number of amides is 2. The molecule has 28 heavy (non-hydrogen) atoms. The average Bonchev–Trinajstić information content (AvgIpc) is 2.63. The standard InChI is InChI=1S/C19H23ClN2O5S/c1-26-13-3-12-22(19(23)21-17-8-6-16(20)7-9-17)14-15-4-10-18(11-5-15)27-28(2,24)25/h4-11H,3,12-14H2,1-2H3,(H,21,23). The van der Waals surface area contributed by atoms with Crippen LogP contribution >= 0.6 is 11.6 Å². The molecule has 0 aromatic heterocycles. The molecule has 7 nitrogen and oxygen atoms in total. The summed E-state index contributed by atoms with van der Waals surface area (Å²) in [4.78, 5) is 14.3. The molecule has 2 amide bonds. The number of hydrogen-bond donors (Lipinski definition) is 1. The molecule has 0 saturated heterocycles. The largest absolute Gasteiger partial charge is 0.385 e. The fourth-order valence-electron chi connectivity index (χ4n) is 2.43. The monoisotopic (exact) mass is 426 g/mol. The van der Waals surface area contributed by atoms with Crippen molar-refractivity contribution in [1.29, 1.82) is 0 Å². The van der Waals surface area contributed by atoms with Crippen LogP contribution in [0.5, 0.6) is 5.75 Å². The predicted octanol–water partition coefficient (Wildman–Crippen LogP) is 3.75. The molecular formula is C19H23ClN2O5S. The van der Waals surface area contributed by atoms with Crippen LogP contribution in [0.25, 0.3) is 0 Å². The number of rotatable bonds is 9. The second-order valence-corrected chi connectivity index (χ2v) is 8.15. The van der Waals surface area contributed by atoms with Crippen molar-refractivity contribution in [2.75, 3.05) is 31.8 Å². The van der Waals surface area contributed by atoms with Gasteiger partial charge < -0.3 is 19.1 Å². The molecule has 1 N–H and O–H groups in total. The van der Waals surface area contributed by atoms with Gasteiger partial charge in [-0.15, -0.1) is 0 Å². The molecule has 0 atom stereocenters. The van der Waals surface area contributed by atoms with Crippen LogP contribution in [0, 0.1) is 0 Å². The first-order valence-electron chi connectivity index (χ1n) is 8.55. The molecule has 9 heteroatoms. The van der Waals surface area contributed by atoms with E-state index in [-0.39, 0.29) is 11.8 Å². The summed E-state index contributed by atoms with van der Waals surface area (Å²) in [5, 5.41) is 3.43. The van der Waals surface area contributed by atoms with Gasteiger partial charge in [0.1, 0.15) is 5.75 Å². The van der Waals surface area contributed by atoms with E-state index in [9.17, 15) is 13.2 Å². The third kappa shape index (κ3) is 7.75. The number of ether oxygens (including phenoxy) is 1. The Morgan fingerprint density at radius 1 is 1.11 bits per heavy atom. The number of halogens is 1. The van der Waals surface area contributed by atoms with Gasteiger partial charge in [-0.1, -0.05) is 23.7 Å². The van der Waals surface area contributed by atoms with Gasteiger partial charge in [0.05, 0.1) is 6.26 Å². The van der Waals surface area contributed by atoms with E-state index in [1.165, 1.54) is 0 Å². The zero-order valence-electron chi connectivity index (χ0n) is 15.7. The topological polar surface area (TPSA) is 84.9 Å². The van der Waals surface area contributed by atoms with Crippen molar-refractivity contribution in [2.24, 2.45) is 0 Å². The molecule has 0 aliphatic heterocycles. The molecule has 0 heterocycles. The quantitative estimate of drug-likeness (QED) is 0.487. The second kappa shape index (κ2) is 10.3. The summed E-state index contributed by atoms with van der Waals surface area (Å²) >= 11 is 5.87. The van der Waals surface area contributed by atoms with Crippen LogP contribution in [0.3, 0.4) is 0 Å². The van der Waals surface area contributed by atoms with Crippen molar-refractivity contribution in [2.45, 2.75) is 13.0 Å². The Bertz CT molecular complexity index is 870. The van der Waals surface area contributed by atoms with E-state index in [1.807, 2.05) is 0 Å². The third-order valence-corrected chi connectivity index (χ3v) is 4.45. The summed E-state index contributed by atoms with van der Waals surface area (Å²) in [6.45, 7) is 1.38. The van der Waals surface area contributed by atoms with Gasteiger partial charge >= 0.3 is 16.1 Å². The van der Waals surface area contributed by atoms with Gasteiger partial charge in [0, 0.05) is 37.5 Å². The van der Waals surface area contributed by atoms with E-state index >= 15 is 0 Å². The summed E-state index contributed by atoms with van der Waals surface area (Å²) in [6.07, 6.45) is 1.67. The fourth-order valence-corrected chi connectivity index (χ4v) is 3.02. The number of methoxy groups -OCH3 is 1. The van der Waals surface area contributed by atoms with Gasteiger partial charge in [0.2, 0.25) is 0 Å². The van der Waals surface area contributed by atoms with Crippen molar-refractivity contribution in [3.8, 4) is 5.75 Å². The molecule has 0 saturated carbocycles. The SMILES string of the molecule is COCCCN(Cc1ccc(OS(C)(=O)=O)cc1)C(=O)Nc1ccc(Cl)cc1. The molecule has 2 rings (SSSR count). The van der Waals surface area contributed by atoms with Crippen molar-refractivity contribution < 1.29 is 22.1 Å². The lowest BCUT2D eigenvalue weighted by Gasteiger charge is -2.23. The third-order valence-electron chi connectivity index (χ3n) is 3.70. The Kier molecular flexibility index (Phi) is 8.10. The fraction of sp³-hybridized carbons (Fsp3) is 0.316. The van der Waals surface area contributed by atoms with Crippen LogP contribution in [0.2, 0.25) is 5.02 Å². The molecule has 0 bridgehead atoms. The van der Waals surface area contributed by atoms with Crippen molar-refractivity contribution in [1.82, 2.24) is 4.90 Å². The highest BCUT2D eigenvalue weighted by Crippen LogP contribution is 2.17. The van der Waals surface area contributed by atoms with Crippen LogP contribution in [0.15, 0.2) is 48.5 Å². The molecular weight excluding hydrogens is 404 g/mol. The summed E-state index contributed by atoms with van der Waals surface area (Å²) < 4.78 is 32.3. The zero-order valence-corrected chi connectivity index (χ0v) is 17.3. The highest BCUT2D eigenvalue weighted by atomic mass is 35.5. The van der Waals surface area contributed by atoms with E-state index in [2.05, 4.69) is 5.32 Å². The highest BCUT2D eigenvalue weighted by molar-refractivity contribution is 7.86. The van der Waals surface area contributed by atoms with Gasteiger partial charge in [-0.25, -0.2) is 4.79 Å². The Morgan fingerprint density at radius 3 is 2.32 bits per heavy atom. The first kappa shape index (κ1) is 22.0. The predicted molar refractivity (Wildman–Crippen MR) is 109 cm³/mol. The lowest BCUT2D eigenvalue weighted by Crippen LogP contribution is -2.35. The Hall–Kier alpha value is -2.29. The maximum absolute atomic E-state index is 12.7. The first-order valence-corrected chi connectivity index (χ1v) is 10.7. The number of carbonyl (C=O) groups is 1. The van der Waals surface area contributed by atoms with Gasteiger partial charge in [0.25, 0.3) is 0 Å². The van der Waals surface area contributed by atoms with Gasteiger partial charge in [0.15, 0.2) is 0 Å². The second-order valence-electron chi connectivity index (χ2n) is 6.14. The van der Waals surface area contributed by atoms with Crippen LogP contribution < -0.4 is 9.50 Å². The van der Waals surface area contributed by atoms with Crippen LogP contribution in [-0.4, -0.2) is 45.9 Å². The maximum atomic E-state index is 12.7. The molecule has 0 aliphatic rings. The van der Waals surface area contributed by atoms with E-state index < -0.39 is 10.1 Å². The molecule has 2 aromatic rings. The van der Waals surface area contributed by atoms with Crippen LogP contribution in [-0.2, 0) is 21.4 Å². The Morgan fingerprint density at radius 2 is 1.75 bits per heavy atom. The van der Waals surface area contributed by atoms with Crippen molar-refractivity contribution in [3.63, 3.8) is 0 Å². The average molecular weight is 427 g/mol. The smallest absolute Gasteiger partial charge is 0.322 e. The normalized spacial score (nSPS) is 11.1. The minimum atomic E-state index is -3.58. The molecule has 152 valence electrons. The summed E-state index contributed by atoms with van der Waals surface area (Å²) in [5.41, 5.74) is 1.48. The summed E-state index contributed by atoms with van der Waals surface area (Å²) in [7, 11) is -1.97. The molecule has 0 aliphatic carbocycles. The van der Waals surface area contributed by atoms with Gasteiger partial charge in [-0.05, 0) is 48.4 Å². The number of nitrogens with one attached hydrogen (secondary N) is 1. The number of nitrogens with zero attached hydrogens (tertiary/aromatic N) is 1. The highest BCUT2D eigenvalue weighted by Gasteiger charge is 2.14. The number of anilines is 1. The Balaban J connectivity index is 2.06. The lowest BCUT2D eigenvalue weighted by molar-refractivity contribution is 0.171. The van der Waals surface area contributed by atoms with Gasteiger partial charge in [-0.3, -0.25) is 0 Å². The molecule has 0 unspecified atom stereocenters. The van der Waals surface area contributed by atoms with Crippen LogP contribution in [0.4, 0.5) is 10.5 Å². The van der Waals surface area contributed by atoms with Crippen molar-refractivity contribution >= 4 is 33.4 Å². The van der Waals surface area contributed by atoms with E-state index in [0.717, 1.165) is 11.8 Å². The minimum absolute atomic E-state index is 0.225. The summed E-state index contributed by atoms with van der Waals surface area (Å²) in [6, 6.07) is 13.2. The molecule has 0 spiro atoms. The molecule has 0 radical (unpaired) electrons. The van der Waals surface area contributed by atoms with E-state index in [1.54, 1.807) is 60.5 Å². The first-order chi connectivity index (χ1) is 13.3. The van der Waals surface area contributed by atoms with Gasteiger partial charge in [-0.2, -0.15) is 8.42 Å². The molecule has 2 aromatic carbocycles. The van der Waals surface area contributed by atoms with E-state index in [4.69, 9.17) is 20.5 Å². The minimum Gasteiger partial charge on any atom is -0.385 e. The zero-order chi connectivity index (χ0) is 20.6. The lowest BCUT2D eigenvalue weighted by atomic mass is 10.2. The number of benzene rings is 2.